The second-order valence-electron chi connectivity index (χ2n) is 7.11. The number of carbonyl (C=O) groups is 1. The van der Waals surface area contributed by atoms with Crippen molar-refractivity contribution < 1.29 is 19.0 Å². The highest BCUT2D eigenvalue weighted by Crippen LogP contribution is 2.41. The lowest BCUT2D eigenvalue weighted by Gasteiger charge is -2.43. The SMILES string of the molecule is COc1cc2c(cc1OC)C(C)(C(=O)OC(C)(C)C)N(C)CC2. The van der Waals surface area contributed by atoms with E-state index >= 15 is 0 Å². The molecule has 1 atom stereocenters. The summed E-state index contributed by atoms with van der Waals surface area (Å²) in [6.07, 6.45) is 0.852. The molecule has 5 heteroatoms. The summed E-state index contributed by atoms with van der Waals surface area (Å²) in [5.41, 5.74) is 0.627. The van der Waals surface area contributed by atoms with Crippen molar-refractivity contribution >= 4 is 5.97 Å². The van der Waals surface area contributed by atoms with Crippen LogP contribution in [0.4, 0.5) is 0 Å². The van der Waals surface area contributed by atoms with Crippen molar-refractivity contribution in [1.29, 1.82) is 0 Å². The lowest BCUT2D eigenvalue weighted by atomic mass is 9.81. The molecular formula is C18H27NO4. The molecule has 1 unspecified atom stereocenters. The molecule has 0 aliphatic carbocycles. The van der Waals surface area contributed by atoms with Gasteiger partial charge in [-0.3, -0.25) is 4.90 Å². The van der Waals surface area contributed by atoms with E-state index in [0.29, 0.717) is 11.5 Å². The number of nitrogens with zero attached hydrogens (tertiary/aromatic N) is 1. The van der Waals surface area contributed by atoms with Gasteiger partial charge in [-0.25, -0.2) is 4.79 Å². The summed E-state index contributed by atoms with van der Waals surface area (Å²) in [7, 11) is 5.16. The standard InChI is InChI=1S/C18H27NO4/c1-17(2,3)23-16(20)18(4)13-11-15(22-7)14(21-6)10-12(13)8-9-19(18)5/h10-11H,8-9H2,1-7H3. The molecule has 2 rings (SSSR count). The summed E-state index contributed by atoms with van der Waals surface area (Å²) >= 11 is 0. The van der Waals surface area contributed by atoms with E-state index in [-0.39, 0.29) is 5.97 Å². The summed E-state index contributed by atoms with van der Waals surface area (Å²) in [6, 6.07) is 3.86. The lowest BCUT2D eigenvalue weighted by Crippen LogP contribution is -2.53. The third kappa shape index (κ3) is 3.15. The Labute approximate surface area is 138 Å². The highest BCUT2D eigenvalue weighted by Gasteiger charge is 2.46. The van der Waals surface area contributed by atoms with Crippen LogP contribution in [0, 0.1) is 0 Å². The number of esters is 1. The second kappa shape index (κ2) is 6.04. The first kappa shape index (κ1) is 17.6. The zero-order valence-corrected chi connectivity index (χ0v) is 15.1. The van der Waals surface area contributed by atoms with Crippen molar-refractivity contribution in [1.82, 2.24) is 4.90 Å². The van der Waals surface area contributed by atoms with E-state index < -0.39 is 11.1 Å². The highest BCUT2D eigenvalue weighted by atomic mass is 16.6. The van der Waals surface area contributed by atoms with Crippen LogP contribution in [0.2, 0.25) is 0 Å². The molecule has 0 saturated carbocycles. The van der Waals surface area contributed by atoms with E-state index in [4.69, 9.17) is 14.2 Å². The Hall–Kier alpha value is -1.75. The van der Waals surface area contributed by atoms with Gasteiger partial charge in [0.2, 0.25) is 0 Å². The summed E-state index contributed by atoms with van der Waals surface area (Å²) in [6.45, 7) is 8.33. The third-order valence-corrected chi connectivity index (χ3v) is 4.41. The fourth-order valence-electron chi connectivity index (χ4n) is 2.94. The Morgan fingerprint density at radius 2 is 1.74 bits per heavy atom. The van der Waals surface area contributed by atoms with Gasteiger partial charge in [0.25, 0.3) is 0 Å². The van der Waals surface area contributed by atoms with Crippen molar-refractivity contribution in [3.8, 4) is 11.5 Å². The van der Waals surface area contributed by atoms with Crippen LogP contribution in [0.3, 0.4) is 0 Å². The van der Waals surface area contributed by atoms with Crippen LogP contribution in [0.5, 0.6) is 11.5 Å². The summed E-state index contributed by atoms with van der Waals surface area (Å²) in [5.74, 6) is 1.05. The van der Waals surface area contributed by atoms with Gasteiger partial charge in [-0.1, -0.05) is 0 Å². The van der Waals surface area contributed by atoms with Crippen molar-refractivity contribution in [2.45, 2.75) is 45.3 Å². The Morgan fingerprint density at radius 3 is 2.26 bits per heavy atom. The number of ether oxygens (including phenoxy) is 3. The summed E-state index contributed by atoms with van der Waals surface area (Å²) < 4.78 is 16.5. The second-order valence-corrected chi connectivity index (χ2v) is 7.11. The maximum absolute atomic E-state index is 12.9. The molecule has 0 amide bonds. The lowest BCUT2D eigenvalue weighted by molar-refractivity contribution is -0.169. The fraction of sp³-hybridized carbons (Fsp3) is 0.611. The first-order valence-electron chi connectivity index (χ1n) is 7.83. The Balaban J connectivity index is 2.56. The minimum absolute atomic E-state index is 0.249. The van der Waals surface area contributed by atoms with Crippen molar-refractivity contribution in [3.63, 3.8) is 0 Å². The quantitative estimate of drug-likeness (QED) is 0.801. The van der Waals surface area contributed by atoms with Crippen LogP contribution < -0.4 is 9.47 Å². The maximum Gasteiger partial charge on any atom is 0.331 e. The van der Waals surface area contributed by atoms with Gasteiger partial charge in [-0.05, 0) is 64.4 Å². The molecule has 23 heavy (non-hydrogen) atoms. The minimum Gasteiger partial charge on any atom is -0.493 e. The van der Waals surface area contributed by atoms with Gasteiger partial charge in [0.1, 0.15) is 11.1 Å². The predicted octanol–water partition coefficient (Wildman–Crippen LogP) is 2.75. The average molecular weight is 321 g/mol. The molecule has 0 aromatic heterocycles. The Bertz CT molecular complexity index is 606. The van der Waals surface area contributed by atoms with Crippen LogP contribution >= 0.6 is 0 Å². The summed E-state index contributed by atoms with van der Waals surface area (Å²) in [4.78, 5) is 15.0. The number of benzene rings is 1. The monoisotopic (exact) mass is 321 g/mol. The number of hydrogen-bond acceptors (Lipinski definition) is 5. The van der Waals surface area contributed by atoms with Gasteiger partial charge in [-0.2, -0.15) is 0 Å². The molecule has 1 aliphatic heterocycles. The highest BCUT2D eigenvalue weighted by molar-refractivity contribution is 5.84. The van der Waals surface area contributed by atoms with E-state index in [1.165, 1.54) is 0 Å². The zero-order chi connectivity index (χ0) is 17.4. The molecule has 1 aromatic rings. The van der Waals surface area contributed by atoms with E-state index in [2.05, 4.69) is 0 Å². The molecule has 1 heterocycles. The molecule has 1 aromatic carbocycles. The number of methoxy groups -OCH3 is 2. The number of likely N-dealkylation sites (N-methyl/N-ethyl adjacent to an activating group) is 1. The van der Waals surface area contributed by atoms with Crippen molar-refractivity contribution in [2.24, 2.45) is 0 Å². The fourth-order valence-corrected chi connectivity index (χ4v) is 2.94. The minimum atomic E-state index is -0.847. The van der Waals surface area contributed by atoms with Crippen LogP contribution in [-0.2, 0) is 21.5 Å². The molecule has 0 saturated heterocycles. The maximum atomic E-state index is 12.9. The normalized spacial score (nSPS) is 21.5. The van der Waals surface area contributed by atoms with Crippen LogP contribution in [0.1, 0.15) is 38.8 Å². The number of fused-ring (bicyclic) bond motifs is 1. The van der Waals surface area contributed by atoms with Gasteiger partial charge in [0.15, 0.2) is 11.5 Å². The van der Waals surface area contributed by atoms with Gasteiger partial charge in [0.05, 0.1) is 14.2 Å². The largest absolute Gasteiger partial charge is 0.493 e. The van der Waals surface area contributed by atoms with Crippen LogP contribution in [0.25, 0.3) is 0 Å². The molecule has 5 nitrogen and oxygen atoms in total. The molecule has 0 bridgehead atoms. The number of hydrogen-bond donors (Lipinski definition) is 0. The third-order valence-electron chi connectivity index (χ3n) is 4.41. The molecule has 0 fully saturated rings. The molecule has 0 radical (unpaired) electrons. The van der Waals surface area contributed by atoms with Crippen molar-refractivity contribution in [2.75, 3.05) is 27.8 Å². The van der Waals surface area contributed by atoms with Crippen LogP contribution in [0.15, 0.2) is 12.1 Å². The first-order chi connectivity index (χ1) is 10.6. The van der Waals surface area contributed by atoms with Crippen LogP contribution in [-0.4, -0.2) is 44.3 Å². The number of rotatable bonds is 3. The molecule has 1 aliphatic rings. The zero-order valence-electron chi connectivity index (χ0n) is 15.1. The number of carbonyl (C=O) groups excluding carboxylic acids is 1. The smallest absolute Gasteiger partial charge is 0.331 e. The predicted molar refractivity (Wildman–Crippen MR) is 89.1 cm³/mol. The molecule has 0 spiro atoms. The molecule has 0 N–H and O–H groups in total. The van der Waals surface area contributed by atoms with Gasteiger partial charge in [-0.15, -0.1) is 0 Å². The average Bonchev–Trinajstić information content (AvgIpc) is 2.48. The first-order valence-corrected chi connectivity index (χ1v) is 7.83. The van der Waals surface area contributed by atoms with E-state index in [9.17, 15) is 4.79 Å². The van der Waals surface area contributed by atoms with E-state index in [0.717, 1.165) is 24.1 Å². The Morgan fingerprint density at radius 1 is 1.17 bits per heavy atom. The van der Waals surface area contributed by atoms with E-state index in [1.807, 2.05) is 51.8 Å². The van der Waals surface area contributed by atoms with E-state index in [1.54, 1.807) is 14.2 Å². The topological polar surface area (TPSA) is 48.0 Å². The van der Waals surface area contributed by atoms with Gasteiger partial charge in [0, 0.05) is 6.54 Å². The molecule has 128 valence electrons. The Kier molecular flexibility index (Phi) is 4.62. The summed E-state index contributed by atoms with van der Waals surface area (Å²) in [5, 5.41) is 0. The van der Waals surface area contributed by atoms with Gasteiger partial charge >= 0.3 is 5.97 Å². The van der Waals surface area contributed by atoms with Crippen molar-refractivity contribution in [3.05, 3.63) is 23.3 Å². The molecular weight excluding hydrogens is 294 g/mol. The van der Waals surface area contributed by atoms with Gasteiger partial charge < -0.3 is 14.2 Å².